The molecule has 0 atom stereocenters. The molecule has 67 heavy (non-hydrogen) atoms. The molecule has 9 rings (SSSR count). The fraction of sp³-hybridized carbons (Fsp3) is 0.0690. The molecule has 0 saturated carbocycles. The first-order valence-corrected chi connectivity index (χ1v) is 33.9. The van der Waals surface area contributed by atoms with Gasteiger partial charge in [-0.05, 0) is 65.8 Å². The molecule has 0 radical (unpaired) electrons. The molecule has 9 heteroatoms. The molecule has 332 valence electrons. The van der Waals surface area contributed by atoms with Crippen molar-refractivity contribution < 1.29 is 17.1 Å². The molecule has 0 aliphatic carbocycles. The van der Waals surface area contributed by atoms with Crippen molar-refractivity contribution in [3.63, 3.8) is 0 Å². The standard InChI is InChI=1S/C58H56O4Si5/c1-63(2,59)48-49-64(60-65(50-30-12-3-13-31-50,51-32-14-4-15-33-51)52-34-16-5-17-35-52,61-66(53-36-18-6-19-37-53,54-38-20-7-21-39-54)55-40-22-8-23-41-55)62-67(56-42-24-9-25-43-56,57-44-26-10-27-45-57)58-46-28-11-29-47-58/h3-47,59H,48-49H2,1-2H3. The molecule has 0 saturated heterocycles. The van der Waals surface area contributed by atoms with Gasteiger partial charge in [0.05, 0.1) is 0 Å². The highest BCUT2D eigenvalue weighted by molar-refractivity contribution is 7.16. The first-order valence-electron chi connectivity index (χ1n) is 23.1. The average molecular weight is 958 g/mol. The molecule has 0 aliphatic rings. The SMILES string of the molecule is C[Si](C)(O)CC[Si](O[Si](c1ccccc1)(c1ccccc1)c1ccccc1)(O[Si](c1ccccc1)(c1ccccc1)c1ccccc1)O[Si](c1ccccc1)(c1ccccc1)c1ccccc1. The zero-order valence-electron chi connectivity index (χ0n) is 38.1. The highest BCUT2D eigenvalue weighted by Crippen LogP contribution is 2.33. The van der Waals surface area contributed by atoms with Crippen molar-refractivity contribution in [1.29, 1.82) is 0 Å². The predicted molar refractivity (Wildman–Crippen MR) is 290 cm³/mol. The highest BCUT2D eigenvalue weighted by Gasteiger charge is 2.62. The third-order valence-corrected chi connectivity index (χ3v) is 33.2. The summed E-state index contributed by atoms with van der Waals surface area (Å²) in [7, 11) is -18.3. The molecular formula is C58H56O4Si5. The van der Waals surface area contributed by atoms with Gasteiger partial charge in [0.25, 0.3) is 25.0 Å². The first-order chi connectivity index (χ1) is 32.8. The fourth-order valence-corrected chi connectivity index (χ4v) is 34.8. The van der Waals surface area contributed by atoms with Crippen LogP contribution in [0.3, 0.4) is 0 Å². The van der Waals surface area contributed by atoms with E-state index >= 15 is 0 Å². The van der Waals surface area contributed by atoms with E-state index in [0.29, 0.717) is 12.1 Å². The van der Waals surface area contributed by atoms with Crippen LogP contribution in [0.15, 0.2) is 273 Å². The Hall–Kier alpha value is -6.10. The molecule has 0 heterocycles. The predicted octanol–water partition coefficient (Wildman–Crippen LogP) is 7.17. The van der Waals surface area contributed by atoms with Crippen molar-refractivity contribution in [3.8, 4) is 0 Å². The van der Waals surface area contributed by atoms with E-state index in [1.807, 2.05) is 13.1 Å². The van der Waals surface area contributed by atoms with Crippen LogP contribution >= 0.6 is 0 Å². The maximum absolute atomic E-state index is 12.3. The minimum Gasteiger partial charge on any atom is -0.432 e. The Morgan fingerprint density at radius 3 is 0.537 bits per heavy atom. The number of rotatable bonds is 18. The third kappa shape index (κ3) is 9.57. The average Bonchev–Trinajstić information content (AvgIpc) is 3.40. The van der Waals surface area contributed by atoms with Crippen LogP contribution in [0, 0.1) is 0 Å². The van der Waals surface area contributed by atoms with Gasteiger partial charge in [-0.2, -0.15) is 0 Å². The van der Waals surface area contributed by atoms with Crippen molar-refractivity contribution in [2.45, 2.75) is 25.2 Å². The summed E-state index contributed by atoms with van der Waals surface area (Å²) < 4.78 is 26.5. The molecule has 0 aliphatic heterocycles. The van der Waals surface area contributed by atoms with Crippen LogP contribution in [-0.4, -0.2) is 46.9 Å². The number of hydrogen-bond donors (Lipinski definition) is 1. The topological polar surface area (TPSA) is 47.9 Å². The monoisotopic (exact) mass is 956 g/mol. The van der Waals surface area contributed by atoms with Crippen LogP contribution in [0.1, 0.15) is 0 Å². The van der Waals surface area contributed by atoms with E-state index in [-0.39, 0.29) is 0 Å². The van der Waals surface area contributed by atoms with Gasteiger partial charge in [-0.1, -0.05) is 273 Å². The highest BCUT2D eigenvalue weighted by atomic mass is 28.5. The van der Waals surface area contributed by atoms with Crippen molar-refractivity contribution in [3.05, 3.63) is 273 Å². The quantitative estimate of drug-likeness (QED) is 0.0733. The summed E-state index contributed by atoms with van der Waals surface area (Å²) in [6.07, 6.45) is 0. The molecule has 9 aromatic carbocycles. The van der Waals surface area contributed by atoms with Gasteiger partial charge in [-0.25, -0.2) is 0 Å². The largest absolute Gasteiger partial charge is 0.471 e. The maximum Gasteiger partial charge on any atom is 0.471 e. The second-order valence-corrected chi connectivity index (χ2v) is 35.4. The van der Waals surface area contributed by atoms with Crippen molar-refractivity contribution in [1.82, 2.24) is 0 Å². The lowest BCUT2D eigenvalue weighted by Gasteiger charge is -2.50. The third-order valence-electron chi connectivity index (χ3n) is 12.6. The number of benzene rings is 9. The molecule has 4 nitrogen and oxygen atoms in total. The van der Waals surface area contributed by atoms with E-state index in [1.54, 1.807) is 0 Å². The van der Waals surface area contributed by atoms with Crippen LogP contribution in [0.4, 0.5) is 0 Å². The smallest absolute Gasteiger partial charge is 0.432 e. The van der Waals surface area contributed by atoms with E-state index in [1.165, 1.54) is 0 Å². The van der Waals surface area contributed by atoms with Crippen LogP contribution in [-0.2, 0) is 12.3 Å². The molecule has 0 bridgehead atoms. The molecule has 0 amide bonds. The fourth-order valence-electron chi connectivity index (χ4n) is 9.46. The van der Waals surface area contributed by atoms with Gasteiger partial charge < -0.3 is 17.1 Å². The summed E-state index contributed by atoms with van der Waals surface area (Å²) in [6.45, 7) is 4.05. The summed E-state index contributed by atoms with van der Waals surface area (Å²) in [6, 6.07) is 97.7. The Balaban J connectivity index is 1.48. The summed E-state index contributed by atoms with van der Waals surface area (Å²) >= 11 is 0. The lowest BCUT2D eigenvalue weighted by atomic mass is 10.3. The second-order valence-electron chi connectivity index (χ2n) is 17.6. The first kappa shape index (κ1) is 46.0. The minimum absolute atomic E-state index is 0.368. The zero-order chi connectivity index (χ0) is 46.1. The normalized spacial score (nSPS) is 12.4. The molecular weight excluding hydrogens is 901 g/mol. The maximum atomic E-state index is 12.3. The van der Waals surface area contributed by atoms with Gasteiger partial charge in [-0.3, -0.25) is 0 Å². The van der Waals surface area contributed by atoms with Gasteiger partial charge in [0.15, 0.2) is 8.32 Å². The number of hydrogen-bond acceptors (Lipinski definition) is 4. The Bertz CT molecular complexity index is 2300. The molecule has 0 unspecified atom stereocenters. The van der Waals surface area contributed by atoms with E-state index in [2.05, 4.69) is 273 Å². The van der Waals surface area contributed by atoms with Crippen LogP contribution in [0.25, 0.3) is 0 Å². The minimum atomic E-state index is -4.40. The Kier molecular flexibility index (Phi) is 14.0. The molecule has 1 N–H and O–H groups in total. The van der Waals surface area contributed by atoms with Crippen molar-refractivity contribution in [2.24, 2.45) is 0 Å². The van der Waals surface area contributed by atoms with Crippen LogP contribution < -0.4 is 46.7 Å². The Morgan fingerprint density at radius 1 is 0.254 bits per heavy atom. The van der Waals surface area contributed by atoms with Crippen LogP contribution in [0.2, 0.25) is 25.2 Å². The lowest BCUT2D eigenvalue weighted by molar-refractivity contribution is 0.266. The molecule has 0 spiro atoms. The van der Waals surface area contributed by atoms with Gasteiger partial charge in [0.2, 0.25) is 0 Å². The van der Waals surface area contributed by atoms with Gasteiger partial charge >= 0.3 is 8.80 Å². The lowest BCUT2D eigenvalue weighted by Crippen LogP contribution is -2.82. The molecule has 0 aromatic heterocycles. The van der Waals surface area contributed by atoms with Crippen molar-refractivity contribution >= 4 is 88.8 Å². The van der Waals surface area contributed by atoms with E-state index in [4.69, 9.17) is 12.3 Å². The molecule has 9 aromatic rings. The van der Waals surface area contributed by atoms with Gasteiger partial charge in [-0.15, -0.1) is 0 Å². The Labute approximate surface area is 401 Å². The van der Waals surface area contributed by atoms with E-state index in [9.17, 15) is 4.80 Å². The van der Waals surface area contributed by atoms with E-state index < -0.39 is 42.1 Å². The van der Waals surface area contributed by atoms with E-state index in [0.717, 1.165) is 46.7 Å². The summed E-state index contributed by atoms with van der Waals surface area (Å²) in [5.74, 6) is 0. The molecule has 0 fully saturated rings. The Morgan fingerprint density at radius 2 is 0.403 bits per heavy atom. The van der Waals surface area contributed by atoms with Crippen LogP contribution in [0.5, 0.6) is 0 Å². The summed E-state index contributed by atoms with van der Waals surface area (Å²) in [5, 5.41) is 9.71. The summed E-state index contributed by atoms with van der Waals surface area (Å²) in [5.41, 5.74) is 0. The summed E-state index contributed by atoms with van der Waals surface area (Å²) in [4.78, 5) is 12.3. The van der Waals surface area contributed by atoms with Gasteiger partial charge in [0, 0.05) is 6.04 Å². The zero-order valence-corrected chi connectivity index (χ0v) is 43.1. The van der Waals surface area contributed by atoms with Gasteiger partial charge in [0.1, 0.15) is 0 Å². The second kappa shape index (κ2) is 20.4. The van der Waals surface area contributed by atoms with Crippen molar-refractivity contribution in [2.75, 3.05) is 0 Å².